The number of rotatable bonds is 8. The first-order valence-electron chi connectivity index (χ1n) is 12.1. The van der Waals surface area contributed by atoms with Crippen molar-refractivity contribution in [2.45, 2.75) is 64.1 Å². The minimum atomic E-state index is -3.46. The molecule has 1 unspecified atom stereocenters. The molecular formula is C24H31N4O9P. The lowest BCUT2D eigenvalue weighted by atomic mass is 9.74. The highest BCUT2D eigenvalue weighted by Gasteiger charge is 2.47. The van der Waals surface area contributed by atoms with Crippen molar-refractivity contribution in [2.75, 3.05) is 12.3 Å². The Labute approximate surface area is 218 Å². The molecule has 1 saturated heterocycles. The van der Waals surface area contributed by atoms with E-state index in [0.717, 1.165) is 10.3 Å². The van der Waals surface area contributed by atoms with Gasteiger partial charge in [-0.1, -0.05) is 13.8 Å². The Morgan fingerprint density at radius 2 is 2.03 bits per heavy atom. The van der Waals surface area contributed by atoms with Gasteiger partial charge in [0.05, 0.1) is 5.57 Å². The number of aliphatic hydroxyl groups is 1. The van der Waals surface area contributed by atoms with E-state index in [4.69, 9.17) is 19.7 Å². The zero-order valence-electron chi connectivity index (χ0n) is 21.0. The van der Waals surface area contributed by atoms with Crippen LogP contribution in [0.2, 0.25) is 0 Å². The lowest BCUT2D eigenvalue weighted by Gasteiger charge is -2.28. The highest BCUT2D eigenvalue weighted by atomic mass is 31.1. The predicted octanol–water partition coefficient (Wildman–Crippen LogP) is 0.861. The molecule has 1 aromatic heterocycles. The Morgan fingerprint density at radius 1 is 1.32 bits per heavy atom. The Hall–Kier alpha value is -3.09. The van der Waals surface area contributed by atoms with Gasteiger partial charge in [-0.2, -0.15) is 4.98 Å². The van der Waals surface area contributed by atoms with Crippen molar-refractivity contribution in [3.63, 3.8) is 0 Å². The van der Waals surface area contributed by atoms with E-state index >= 15 is 0 Å². The molecule has 0 bridgehead atoms. The van der Waals surface area contributed by atoms with Gasteiger partial charge >= 0.3 is 13.9 Å². The van der Waals surface area contributed by atoms with Crippen LogP contribution in [0.3, 0.4) is 0 Å². The zero-order valence-corrected chi connectivity index (χ0v) is 22.0. The Bertz CT molecular complexity index is 1260. The van der Waals surface area contributed by atoms with E-state index in [0.29, 0.717) is 31.4 Å². The van der Waals surface area contributed by atoms with E-state index in [1.807, 2.05) is 19.9 Å². The topological polar surface area (TPSA) is 192 Å². The second-order valence-electron chi connectivity index (χ2n) is 10.1. The second kappa shape index (κ2) is 11.3. The molecule has 5 atom stereocenters. The van der Waals surface area contributed by atoms with Crippen LogP contribution in [0.25, 0.3) is 0 Å². The van der Waals surface area contributed by atoms with Crippen LogP contribution >= 0.6 is 8.25 Å². The van der Waals surface area contributed by atoms with E-state index in [9.17, 15) is 28.9 Å². The third-order valence-corrected chi connectivity index (χ3v) is 6.92. The number of hydrogen-bond donors (Lipinski definition) is 4. The summed E-state index contributed by atoms with van der Waals surface area (Å²) in [6, 6.07) is 1.35. The maximum atomic E-state index is 12.4. The number of nitrogens with zero attached hydrogens (tertiary/aromatic N) is 2. The van der Waals surface area contributed by atoms with Crippen LogP contribution in [-0.2, 0) is 28.2 Å². The first-order valence-corrected chi connectivity index (χ1v) is 13.3. The van der Waals surface area contributed by atoms with Crippen molar-refractivity contribution in [3.05, 3.63) is 58.1 Å². The average molecular weight is 551 g/mol. The van der Waals surface area contributed by atoms with Gasteiger partial charge in [-0.15, -0.1) is 0 Å². The first-order chi connectivity index (χ1) is 17.9. The highest BCUT2D eigenvalue weighted by molar-refractivity contribution is 7.32. The molecule has 1 saturated carbocycles. The minimum absolute atomic E-state index is 0.0102. The number of hydrogen-bond acceptors (Lipinski definition) is 11. The summed E-state index contributed by atoms with van der Waals surface area (Å²) < 4.78 is 29.1. The molecule has 5 N–H and O–H groups in total. The minimum Gasteiger partial charge on any atom is -0.491 e. The van der Waals surface area contributed by atoms with Crippen LogP contribution in [0.15, 0.2) is 52.4 Å². The van der Waals surface area contributed by atoms with Crippen LogP contribution in [0.1, 0.15) is 45.8 Å². The van der Waals surface area contributed by atoms with Gasteiger partial charge in [0.1, 0.15) is 36.5 Å². The molecule has 0 amide bonds. The predicted molar refractivity (Wildman–Crippen MR) is 135 cm³/mol. The Balaban J connectivity index is 1.43. The average Bonchev–Trinajstić information content (AvgIpc) is 3.11. The number of allylic oxidation sites excluding steroid dienone is 4. The number of carbonyl (C=O) groups excluding carboxylic acids is 2. The smallest absolute Gasteiger partial charge is 0.351 e. The third-order valence-electron chi connectivity index (χ3n) is 6.44. The molecule has 14 heteroatoms. The van der Waals surface area contributed by atoms with Crippen molar-refractivity contribution in [1.82, 2.24) is 14.9 Å². The van der Waals surface area contributed by atoms with E-state index < -0.39 is 38.5 Å². The van der Waals surface area contributed by atoms with Gasteiger partial charge in [-0.3, -0.25) is 18.7 Å². The molecule has 0 spiro atoms. The van der Waals surface area contributed by atoms with Crippen LogP contribution in [0, 0.1) is 5.41 Å². The fourth-order valence-electron chi connectivity index (χ4n) is 4.63. The standard InChI is InChI=1S/C24H31N4O9P/c1-24(2)9-16(29)15(17(30)10-24)11-26-13-4-3-5-14(8-13)35-12-18-21(37-38(33)34)20(31)22(36-18)28-7-6-19(25)27-23(28)32/h5-8,11,18,20-22,26,31,38H,3-4,9-10,12H2,1-2H3,(H,33,34)(H2,25,27,32)/t18-,20-,21-,22-/m1/s1. The molecule has 2 heterocycles. The SMILES string of the molecule is CC1(C)CC(=O)C(=CNC2=CC(OC[C@H]3O[C@@H](n4ccc(N)nc4=O)[C@H](O)[C@@H]3O[PH](=O)O)=CCC2)C(=O)C1. The summed E-state index contributed by atoms with van der Waals surface area (Å²) in [5.74, 6) is 0.0448. The molecular weight excluding hydrogens is 519 g/mol. The normalized spacial score (nSPS) is 27.9. The maximum Gasteiger partial charge on any atom is 0.351 e. The van der Waals surface area contributed by atoms with Crippen molar-refractivity contribution in [1.29, 1.82) is 0 Å². The van der Waals surface area contributed by atoms with Crippen molar-refractivity contribution in [2.24, 2.45) is 5.41 Å². The molecule has 13 nitrogen and oxygen atoms in total. The second-order valence-corrected chi connectivity index (χ2v) is 10.9. The van der Waals surface area contributed by atoms with Gasteiger partial charge < -0.3 is 35.0 Å². The van der Waals surface area contributed by atoms with Crippen LogP contribution in [0.4, 0.5) is 5.82 Å². The largest absolute Gasteiger partial charge is 0.491 e. The quantitative estimate of drug-likeness (QED) is 0.203. The number of anilines is 1. The number of aliphatic hydroxyl groups excluding tert-OH is 1. The molecule has 4 rings (SSSR count). The summed E-state index contributed by atoms with van der Waals surface area (Å²) in [5, 5.41) is 13.7. The summed E-state index contributed by atoms with van der Waals surface area (Å²) in [5.41, 5.74) is 5.26. The fourth-order valence-corrected chi connectivity index (χ4v) is 5.16. The summed E-state index contributed by atoms with van der Waals surface area (Å²) in [6.07, 6.45) is 3.11. The Morgan fingerprint density at radius 3 is 2.68 bits per heavy atom. The number of ether oxygens (including phenoxy) is 2. The molecule has 1 aliphatic heterocycles. The van der Waals surface area contributed by atoms with Gasteiger partial charge in [0.25, 0.3) is 0 Å². The number of carbonyl (C=O) groups is 2. The van der Waals surface area contributed by atoms with E-state index in [1.54, 1.807) is 6.08 Å². The number of aromatic nitrogens is 2. The summed E-state index contributed by atoms with van der Waals surface area (Å²) in [4.78, 5) is 50.0. The number of Topliss-reactive ketones (excluding diaryl/α,β-unsaturated/α-hetero) is 2. The van der Waals surface area contributed by atoms with Gasteiger partial charge in [-0.25, -0.2) is 4.79 Å². The molecule has 1 aromatic rings. The molecule has 2 fully saturated rings. The van der Waals surface area contributed by atoms with Crippen molar-refractivity contribution < 1.29 is 38.2 Å². The van der Waals surface area contributed by atoms with Gasteiger partial charge in [0.2, 0.25) is 0 Å². The van der Waals surface area contributed by atoms with E-state index in [2.05, 4.69) is 10.3 Å². The number of nitrogens with one attached hydrogen (secondary N) is 1. The first kappa shape index (κ1) is 27.9. The van der Waals surface area contributed by atoms with Crippen LogP contribution < -0.4 is 16.7 Å². The molecule has 38 heavy (non-hydrogen) atoms. The van der Waals surface area contributed by atoms with Crippen molar-refractivity contribution >= 4 is 25.6 Å². The molecule has 0 aromatic carbocycles. The summed E-state index contributed by atoms with van der Waals surface area (Å²) >= 11 is 0. The lowest BCUT2D eigenvalue weighted by Crippen LogP contribution is -2.37. The monoisotopic (exact) mass is 550 g/mol. The molecule has 3 aliphatic rings. The maximum absolute atomic E-state index is 12.4. The third kappa shape index (κ3) is 6.48. The van der Waals surface area contributed by atoms with Gasteiger partial charge in [0.15, 0.2) is 17.8 Å². The number of ketones is 2. The summed E-state index contributed by atoms with van der Waals surface area (Å²) in [6.45, 7) is 3.60. The number of nitrogens with two attached hydrogens (primary N) is 1. The van der Waals surface area contributed by atoms with Gasteiger partial charge in [-0.05, 0) is 36.5 Å². The van der Waals surface area contributed by atoms with Crippen LogP contribution in [-0.4, -0.2) is 56.0 Å². The molecule has 206 valence electrons. The van der Waals surface area contributed by atoms with E-state index in [1.165, 1.54) is 18.5 Å². The number of nitrogen functional groups attached to an aromatic ring is 1. The van der Waals surface area contributed by atoms with Crippen molar-refractivity contribution in [3.8, 4) is 0 Å². The fraction of sp³-hybridized carbons (Fsp3) is 0.500. The molecule has 2 aliphatic carbocycles. The zero-order chi connectivity index (χ0) is 27.6. The van der Waals surface area contributed by atoms with Crippen LogP contribution in [0.5, 0.6) is 0 Å². The lowest BCUT2D eigenvalue weighted by molar-refractivity contribution is -0.127. The summed E-state index contributed by atoms with van der Waals surface area (Å²) in [7, 11) is -3.46. The van der Waals surface area contributed by atoms with Gasteiger partial charge in [0, 0.05) is 30.9 Å². The Kier molecular flexibility index (Phi) is 8.34. The van der Waals surface area contributed by atoms with E-state index in [-0.39, 0.29) is 35.0 Å². The highest BCUT2D eigenvalue weighted by Crippen LogP contribution is 2.36. The molecule has 0 radical (unpaired) electrons.